The Morgan fingerprint density at radius 2 is 1.78 bits per heavy atom. The summed E-state index contributed by atoms with van der Waals surface area (Å²) in [7, 11) is 1.24. The van der Waals surface area contributed by atoms with E-state index in [4.69, 9.17) is 0 Å². The lowest BCUT2D eigenvalue weighted by molar-refractivity contribution is -0.143. The summed E-state index contributed by atoms with van der Waals surface area (Å²) in [6.45, 7) is 0.295. The van der Waals surface area contributed by atoms with Crippen LogP contribution in [-0.2, 0) is 25.7 Å². The molecule has 0 aliphatic carbocycles. The van der Waals surface area contributed by atoms with E-state index in [0.717, 1.165) is 5.56 Å². The molecular formula is C13H15NO4. The fourth-order valence-corrected chi connectivity index (χ4v) is 1.31. The average Bonchev–Trinajstić information content (AvgIpc) is 2.42. The first-order chi connectivity index (χ1) is 8.63. The molecule has 0 spiro atoms. The van der Waals surface area contributed by atoms with Crippen molar-refractivity contribution < 1.29 is 19.1 Å². The summed E-state index contributed by atoms with van der Waals surface area (Å²) >= 11 is 0. The second-order valence-corrected chi connectivity index (χ2v) is 3.67. The van der Waals surface area contributed by atoms with E-state index in [2.05, 4.69) is 10.1 Å². The highest BCUT2D eigenvalue weighted by molar-refractivity contribution is 6.36. The molecule has 0 bridgehead atoms. The zero-order valence-corrected chi connectivity index (χ0v) is 10.1. The van der Waals surface area contributed by atoms with Gasteiger partial charge in [-0.15, -0.1) is 0 Å². The maximum Gasteiger partial charge on any atom is 0.305 e. The number of nitrogens with one attached hydrogen (secondary N) is 1. The molecule has 0 atom stereocenters. The van der Waals surface area contributed by atoms with Gasteiger partial charge in [-0.2, -0.15) is 0 Å². The van der Waals surface area contributed by atoms with Crippen LogP contribution in [0.25, 0.3) is 0 Å². The standard InChI is InChI=1S/C13H15NO4/c1-18-12(16)8-7-11(15)13(17)14-9-10-5-3-2-4-6-10/h2-6H,7-9H2,1H3,(H,14,17). The number of esters is 1. The zero-order chi connectivity index (χ0) is 13.4. The summed E-state index contributed by atoms with van der Waals surface area (Å²) in [6, 6.07) is 9.26. The maximum atomic E-state index is 11.4. The van der Waals surface area contributed by atoms with Crippen LogP contribution in [0.1, 0.15) is 18.4 Å². The Morgan fingerprint density at radius 1 is 1.11 bits per heavy atom. The molecule has 0 saturated carbocycles. The van der Waals surface area contributed by atoms with Crippen molar-refractivity contribution in [1.82, 2.24) is 5.32 Å². The molecule has 1 N–H and O–H groups in total. The monoisotopic (exact) mass is 249 g/mol. The van der Waals surface area contributed by atoms with Gasteiger partial charge >= 0.3 is 5.97 Å². The third-order valence-electron chi connectivity index (χ3n) is 2.33. The number of Topliss-reactive ketones (excluding diaryl/α,β-unsaturated/α-hetero) is 1. The normalized spacial score (nSPS) is 9.61. The van der Waals surface area contributed by atoms with E-state index in [1.807, 2.05) is 30.3 Å². The van der Waals surface area contributed by atoms with Crippen molar-refractivity contribution >= 4 is 17.7 Å². The van der Waals surface area contributed by atoms with Crippen LogP contribution in [0.5, 0.6) is 0 Å². The van der Waals surface area contributed by atoms with Crippen molar-refractivity contribution in [2.45, 2.75) is 19.4 Å². The Labute approximate surface area is 105 Å². The van der Waals surface area contributed by atoms with Gasteiger partial charge < -0.3 is 10.1 Å². The summed E-state index contributed by atoms with van der Waals surface area (Å²) < 4.78 is 4.39. The molecule has 0 aliphatic rings. The first kappa shape index (κ1) is 13.9. The molecule has 1 aromatic rings. The molecule has 1 aromatic carbocycles. The molecule has 5 nitrogen and oxygen atoms in total. The number of ketones is 1. The predicted octanol–water partition coefficient (Wildman–Crippen LogP) is 0.825. The quantitative estimate of drug-likeness (QED) is 0.598. The fraction of sp³-hybridized carbons (Fsp3) is 0.308. The molecule has 0 saturated heterocycles. The van der Waals surface area contributed by atoms with Crippen LogP contribution in [0, 0.1) is 0 Å². The topological polar surface area (TPSA) is 72.5 Å². The highest BCUT2D eigenvalue weighted by Gasteiger charge is 2.14. The SMILES string of the molecule is COC(=O)CCC(=O)C(=O)NCc1ccccc1. The molecule has 0 heterocycles. The van der Waals surface area contributed by atoms with Crippen LogP contribution in [0.4, 0.5) is 0 Å². The summed E-state index contributed by atoms with van der Waals surface area (Å²) in [4.78, 5) is 33.6. The fourth-order valence-electron chi connectivity index (χ4n) is 1.31. The van der Waals surface area contributed by atoms with E-state index < -0.39 is 17.7 Å². The van der Waals surface area contributed by atoms with Crippen molar-refractivity contribution in [3.8, 4) is 0 Å². The van der Waals surface area contributed by atoms with E-state index in [-0.39, 0.29) is 12.8 Å². The van der Waals surface area contributed by atoms with E-state index in [1.54, 1.807) is 0 Å². The van der Waals surface area contributed by atoms with E-state index in [1.165, 1.54) is 7.11 Å². The minimum atomic E-state index is -0.678. The van der Waals surface area contributed by atoms with Gasteiger partial charge in [0, 0.05) is 13.0 Å². The summed E-state index contributed by atoms with van der Waals surface area (Å²) in [5.74, 6) is -1.79. The Kier molecular flexibility index (Phi) is 5.57. The number of ether oxygens (including phenoxy) is 1. The van der Waals surface area contributed by atoms with Gasteiger partial charge in [-0.05, 0) is 5.56 Å². The van der Waals surface area contributed by atoms with Crippen LogP contribution >= 0.6 is 0 Å². The summed E-state index contributed by atoms with van der Waals surface area (Å²) in [5.41, 5.74) is 0.909. The minimum Gasteiger partial charge on any atom is -0.469 e. The van der Waals surface area contributed by atoms with Crippen LogP contribution in [-0.4, -0.2) is 24.8 Å². The Bertz CT molecular complexity index is 428. The summed E-state index contributed by atoms with van der Waals surface area (Å²) in [5, 5.41) is 2.50. The van der Waals surface area contributed by atoms with Gasteiger partial charge in [-0.1, -0.05) is 30.3 Å². The van der Waals surface area contributed by atoms with E-state index in [0.29, 0.717) is 6.54 Å². The highest BCUT2D eigenvalue weighted by Crippen LogP contribution is 1.98. The van der Waals surface area contributed by atoms with E-state index >= 15 is 0 Å². The number of amides is 1. The zero-order valence-electron chi connectivity index (χ0n) is 10.1. The molecule has 96 valence electrons. The molecule has 0 radical (unpaired) electrons. The smallest absolute Gasteiger partial charge is 0.305 e. The lowest BCUT2D eigenvalue weighted by atomic mass is 10.2. The molecule has 5 heteroatoms. The lowest BCUT2D eigenvalue weighted by Gasteiger charge is -2.04. The third-order valence-corrected chi connectivity index (χ3v) is 2.33. The number of methoxy groups -OCH3 is 1. The number of hydrogen-bond donors (Lipinski definition) is 1. The van der Waals surface area contributed by atoms with Gasteiger partial charge in [0.2, 0.25) is 5.78 Å². The van der Waals surface area contributed by atoms with Gasteiger partial charge in [-0.25, -0.2) is 0 Å². The molecule has 0 unspecified atom stereocenters. The Hall–Kier alpha value is -2.17. The molecule has 18 heavy (non-hydrogen) atoms. The largest absolute Gasteiger partial charge is 0.469 e. The van der Waals surface area contributed by atoms with Gasteiger partial charge in [0.1, 0.15) is 0 Å². The van der Waals surface area contributed by atoms with Crippen molar-refractivity contribution in [3.63, 3.8) is 0 Å². The van der Waals surface area contributed by atoms with Gasteiger partial charge in [-0.3, -0.25) is 14.4 Å². The molecule has 0 aliphatic heterocycles. The Morgan fingerprint density at radius 3 is 2.39 bits per heavy atom. The van der Waals surface area contributed by atoms with Crippen molar-refractivity contribution in [1.29, 1.82) is 0 Å². The van der Waals surface area contributed by atoms with E-state index in [9.17, 15) is 14.4 Å². The predicted molar refractivity (Wildman–Crippen MR) is 64.5 cm³/mol. The van der Waals surface area contributed by atoms with Gasteiger partial charge in [0.25, 0.3) is 5.91 Å². The maximum absolute atomic E-state index is 11.4. The number of carbonyl (C=O) groups excluding carboxylic acids is 3. The second kappa shape index (κ2) is 7.21. The number of carbonyl (C=O) groups is 3. The first-order valence-electron chi connectivity index (χ1n) is 5.55. The van der Waals surface area contributed by atoms with Crippen molar-refractivity contribution in [2.75, 3.05) is 7.11 Å². The first-order valence-corrected chi connectivity index (χ1v) is 5.55. The van der Waals surface area contributed by atoms with Crippen LogP contribution in [0.15, 0.2) is 30.3 Å². The number of hydrogen-bond acceptors (Lipinski definition) is 4. The van der Waals surface area contributed by atoms with Gasteiger partial charge in [0.15, 0.2) is 0 Å². The third kappa shape index (κ3) is 4.78. The molecule has 1 rings (SSSR count). The molecule has 0 fully saturated rings. The minimum absolute atomic E-state index is 0.0753. The van der Waals surface area contributed by atoms with Crippen molar-refractivity contribution in [2.24, 2.45) is 0 Å². The lowest BCUT2D eigenvalue weighted by Crippen LogP contribution is -2.30. The molecule has 0 aromatic heterocycles. The van der Waals surface area contributed by atoms with Crippen LogP contribution in [0.2, 0.25) is 0 Å². The average molecular weight is 249 g/mol. The Balaban J connectivity index is 2.32. The molecule has 1 amide bonds. The second-order valence-electron chi connectivity index (χ2n) is 3.67. The van der Waals surface area contributed by atoms with Crippen LogP contribution < -0.4 is 5.32 Å². The highest BCUT2D eigenvalue weighted by atomic mass is 16.5. The number of rotatable bonds is 6. The summed E-state index contributed by atoms with van der Waals surface area (Å²) in [6.07, 6.45) is -0.207. The van der Waals surface area contributed by atoms with Gasteiger partial charge in [0.05, 0.1) is 13.5 Å². The van der Waals surface area contributed by atoms with Crippen LogP contribution in [0.3, 0.4) is 0 Å². The number of benzene rings is 1. The molecular weight excluding hydrogens is 234 g/mol. The van der Waals surface area contributed by atoms with Crippen molar-refractivity contribution in [3.05, 3.63) is 35.9 Å².